The number of thioether (sulfide) groups is 1. The molecule has 0 aliphatic heterocycles. The Morgan fingerprint density at radius 3 is 2.69 bits per heavy atom. The van der Waals surface area contributed by atoms with Crippen LogP contribution in [0.15, 0.2) is 78.9 Å². The monoisotopic (exact) mass is 601 g/mol. The molecule has 8 nitrogen and oxygen atoms in total. The van der Waals surface area contributed by atoms with Gasteiger partial charge in [0.25, 0.3) is 0 Å². The van der Waals surface area contributed by atoms with Gasteiger partial charge in [-0.3, -0.25) is 4.79 Å². The van der Waals surface area contributed by atoms with E-state index < -0.39 is 11.9 Å². The Balaban J connectivity index is 1.34. The van der Waals surface area contributed by atoms with Crippen molar-refractivity contribution in [1.29, 1.82) is 0 Å². The minimum Gasteiger partial charge on any atom is -0.487 e. The lowest BCUT2D eigenvalue weighted by Crippen LogP contribution is -2.16. The van der Waals surface area contributed by atoms with Gasteiger partial charge < -0.3 is 9.84 Å². The van der Waals surface area contributed by atoms with Crippen LogP contribution in [0, 0.1) is 5.92 Å². The minimum absolute atomic E-state index is 0.0635. The van der Waals surface area contributed by atoms with Crippen molar-refractivity contribution < 1.29 is 14.6 Å². The lowest BCUT2D eigenvalue weighted by atomic mass is 9.99. The molecular weight excluding hydrogens is 570 g/mol. The highest BCUT2D eigenvalue weighted by molar-refractivity contribution is 7.99. The predicted octanol–water partition coefficient (Wildman–Crippen LogP) is 7.18. The van der Waals surface area contributed by atoms with Crippen LogP contribution in [0.4, 0.5) is 0 Å². The van der Waals surface area contributed by atoms with Crippen molar-refractivity contribution in [3.05, 3.63) is 101 Å². The molecule has 2 atom stereocenters. The van der Waals surface area contributed by atoms with Crippen LogP contribution in [0.2, 0.25) is 5.02 Å². The fourth-order valence-electron chi connectivity index (χ4n) is 4.82. The maximum absolute atomic E-state index is 11.8. The average molecular weight is 602 g/mol. The molecule has 0 fully saturated rings. The third-order valence-corrected chi connectivity index (χ3v) is 8.96. The zero-order valence-electron chi connectivity index (χ0n) is 23.5. The van der Waals surface area contributed by atoms with Crippen LogP contribution in [0.25, 0.3) is 22.3 Å². The van der Waals surface area contributed by atoms with Crippen LogP contribution in [-0.4, -0.2) is 42.0 Å². The van der Waals surface area contributed by atoms with Gasteiger partial charge in [0.15, 0.2) is 5.82 Å². The number of aromatic nitrogens is 5. The maximum Gasteiger partial charge on any atom is 0.307 e. The number of hydrogen-bond acceptors (Lipinski definition) is 7. The normalized spacial score (nSPS) is 12.7. The molecule has 5 aromatic rings. The number of ether oxygens (including phenoxy) is 1. The second-order valence-corrected chi connectivity index (χ2v) is 11.8. The topological polar surface area (TPSA) is 103 Å². The van der Waals surface area contributed by atoms with Gasteiger partial charge in [0.05, 0.1) is 17.1 Å². The van der Waals surface area contributed by atoms with E-state index >= 15 is 0 Å². The van der Waals surface area contributed by atoms with Gasteiger partial charge in [-0.1, -0.05) is 67.1 Å². The molecule has 2 heterocycles. The first-order chi connectivity index (χ1) is 20.4. The summed E-state index contributed by atoms with van der Waals surface area (Å²) in [6.45, 7) is 2.24. The number of halogens is 1. The van der Waals surface area contributed by atoms with E-state index in [1.54, 1.807) is 16.4 Å². The molecule has 0 saturated heterocycles. The Kier molecular flexibility index (Phi) is 9.71. The summed E-state index contributed by atoms with van der Waals surface area (Å²) in [5.74, 6) is 0.820. The Bertz CT molecular complexity index is 1680. The van der Waals surface area contributed by atoms with Crippen LogP contribution >= 0.6 is 23.4 Å². The number of nitrogens with zero attached hydrogens (tertiary/aromatic N) is 5. The Morgan fingerprint density at radius 1 is 1.07 bits per heavy atom. The molecular formula is C32H32ClN5O3S. The van der Waals surface area contributed by atoms with Crippen molar-refractivity contribution >= 4 is 40.2 Å². The number of tetrazole rings is 1. The SMILES string of the molecule is CCC(CSC(CCc1ccccc1-c1nnnn1C)c1cccc(OCc2ccc3ccc(Cl)cc3n2)c1)C(=O)O. The van der Waals surface area contributed by atoms with E-state index in [1.807, 2.05) is 74.6 Å². The summed E-state index contributed by atoms with van der Waals surface area (Å²) >= 11 is 7.83. The van der Waals surface area contributed by atoms with Crippen LogP contribution in [-0.2, 0) is 24.9 Å². The molecule has 0 aliphatic carbocycles. The van der Waals surface area contributed by atoms with Crippen molar-refractivity contribution in [3.63, 3.8) is 0 Å². The zero-order valence-corrected chi connectivity index (χ0v) is 25.1. The number of aryl methyl sites for hydroxylation is 2. The number of rotatable bonds is 13. The number of hydrogen-bond donors (Lipinski definition) is 1. The lowest BCUT2D eigenvalue weighted by molar-refractivity contribution is -0.140. The fraction of sp³-hybridized carbons (Fsp3) is 0.281. The standard InChI is InChI=1S/C32H32ClN5O3S/c1-3-21(32(39)40)20-42-30(16-13-22-7-4-5-10-28(22)31-35-36-37-38(31)2)24-8-6-9-27(17-24)41-19-26-15-12-23-11-14-25(33)18-29(23)34-26/h4-12,14-15,17-18,21,30H,3,13,16,19-20H2,1-2H3,(H,39,40). The summed E-state index contributed by atoms with van der Waals surface area (Å²) in [6.07, 6.45) is 2.17. The highest BCUT2D eigenvalue weighted by Crippen LogP contribution is 2.37. The van der Waals surface area contributed by atoms with Crippen LogP contribution in [0.5, 0.6) is 5.75 Å². The Labute approximate surface area is 254 Å². The van der Waals surface area contributed by atoms with Gasteiger partial charge in [-0.2, -0.15) is 11.8 Å². The summed E-state index contributed by atoms with van der Waals surface area (Å²) in [4.78, 5) is 16.5. The van der Waals surface area contributed by atoms with Crippen LogP contribution in [0.3, 0.4) is 0 Å². The molecule has 10 heteroatoms. The van der Waals surface area contributed by atoms with Gasteiger partial charge in [0.2, 0.25) is 0 Å². The van der Waals surface area contributed by atoms with Gasteiger partial charge >= 0.3 is 5.97 Å². The molecule has 0 saturated carbocycles. The molecule has 0 spiro atoms. The van der Waals surface area contributed by atoms with E-state index in [0.717, 1.165) is 51.9 Å². The predicted molar refractivity (Wildman–Crippen MR) is 167 cm³/mol. The quantitative estimate of drug-likeness (QED) is 0.151. The van der Waals surface area contributed by atoms with Gasteiger partial charge in [-0.25, -0.2) is 9.67 Å². The molecule has 2 unspecified atom stereocenters. The number of pyridine rings is 1. The third kappa shape index (κ3) is 7.27. The van der Waals surface area contributed by atoms with Crippen molar-refractivity contribution in [3.8, 4) is 17.1 Å². The first-order valence-corrected chi connectivity index (χ1v) is 15.3. The summed E-state index contributed by atoms with van der Waals surface area (Å²) in [6, 6.07) is 25.8. The summed E-state index contributed by atoms with van der Waals surface area (Å²) in [7, 11) is 1.83. The zero-order chi connectivity index (χ0) is 29.5. The maximum atomic E-state index is 11.8. The molecule has 3 aromatic carbocycles. The number of fused-ring (bicyclic) bond motifs is 1. The van der Waals surface area contributed by atoms with E-state index in [-0.39, 0.29) is 5.25 Å². The molecule has 216 valence electrons. The summed E-state index contributed by atoms with van der Waals surface area (Å²) in [5.41, 5.74) is 4.86. The number of benzene rings is 3. The van der Waals surface area contributed by atoms with E-state index in [4.69, 9.17) is 21.3 Å². The fourth-order valence-corrected chi connectivity index (χ4v) is 6.45. The average Bonchev–Trinajstić information content (AvgIpc) is 3.43. The summed E-state index contributed by atoms with van der Waals surface area (Å²) in [5, 5.41) is 23.4. The van der Waals surface area contributed by atoms with Crippen molar-refractivity contribution in [2.45, 2.75) is 38.0 Å². The molecule has 1 N–H and O–H groups in total. The molecule has 0 bridgehead atoms. The number of aliphatic carboxylic acids is 1. The molecule has 42 heavy (non-hydrogen) atoms. The van der Waals surface area contributed by atoms with E-state index in [0.29, 0.717) is 29.6 Å². The Morgan fingerprint density at radius 2 is 1.90 bits per heavy atom. The minimum atomic E-state index is -0.759. The van der Waals surface area contributed by atoms with Gasteiger partial charge in [0.1, 0.15) is 12.4 Å². The van der Waals surface area contributed by atoms with Gasteiger partial charge in [-0.05, 0) is 71.1 Å². The van der Waals surface area contributed by atoms with Crippen molar-refractivity contribution in [2.75, 3.05) is 5.75 Å². The second-order valence-electron chi connectivity index (χ2n) is 10.1. The highest BCUT2D eigenvalue weighted by Gasteiger charge is 2.21. The molecule has 5 rings (SSSR count). The highest BCUT2D eigenvalue weighted by atomic mass is 35.5. The molecule has 2 aromatic heterocycles. The molecule has 0 radical (unpaired) electrons. The molecule has 0 aliphatic rings. The molecule has 0 amide bonds. The number of carboxylic acid groups (broad SMARTS) is 1. The first kappa shape index (κ1) is 29.5. The first-order valence-electron chi connectivity index (χ1n) is 13.8. The van der Waals surface area contributed by atoms with Crippen molar-refractivity contribution in [2.24, 2.45) is 13.0 Å². The van der Waals surface area contributed by atoms with Gasteiger partial charge in [0, 0.05) is 34.0 Å². The van der Waals surface area contributed by atoms with Crippen LogP contribution in [0.1, 0.15) is 41.8 Å². The number of carboxylic acids is 1. The second kappa shape index (κ2) is 13.8. The lowest BCUT2D eigenvalue weighted by Gasteiger charge is -2.21. The van der Waals surface area contributed by atoms with Crippen molar-refractivity contribution in [1.82, 2.24) is 25.2 Å². The largest absolute Gasteiger partial charge is 0.487 e. The van der Waals surface area contributed by atoms with E-state index in [2.05, 4.69) is 33.7 Å². The summed E-state index contributed by atoms with van der Waals surface area (Å²) < 4.78 is 7.84. The van der Waals surface area contributed by atoms with E-state index in [9.17, 15) is 9.90 Å². The Hall–Kier alpha value is -3.95. The van der Waals surface area contributed by atoms with Gasteiger partial charge in [-0.15, -0.1) is 5.10 Å². The van der Waals surface area contributed by atoms with Crippen LogP contribution < -0.4 is 4.74 Å². The number of carbonyl (C=O) groups is 1. The third-order valence-electron chi connectivity index (χ3n) is 7.22. The smallest absolute Gasteiger partial charge is 0.307 e. The van der Waals surface area contributed by atoms with E-state index in [1.165, 1.54) is 0 Å².